The van der Waals surface area contributed by atoms with Gasteiger partial charge in [0.05, 0.1) is 6.10 Å². The molecule has 0 spiro atoms. The van der Waals surface area contributed by atoms with E-state index in [1.54, 1.807) is 6.08 Å². The van der Waals surface area contributed by atoms with Crippen LogP contribution >= 0.6 is 0 Å². The van der Waals surface area contributed by atoms with Crippen LogP contribution in [0.15, 0.2) is 47.5 Å². The maximum atomic E-state index is 10.9. The molecule has 3 nitrogen and oxygen atoms in total. The SMILES string of the molecule is O=C1C=CC(CCC(O)Cc2ccccc2)=N1. The number of carbonyl (C=O) groups is 1. The Morgan fingerprint density at radius 3 is 2.59 bits per heavy atom. The summed E-state index contributed by atoms with van der Waals surface area (Å²) in [7, 11) is 0. The third-order valence-electron chi connectivity index (χ3n) is 2.72. The standard InChI is InChI=1S/C14H15NO2/c16-13(10-11-4-2-1-3-5-11)8-6-12-7-9-14(17)15-12/h1-5,7,9,13,16H,6,8,10H2. The summed E-state index contributed by atoms with van der Waals surface area (Å²) >= 11 is 0. The first-order chi connectivity index (χ1) is 8.24. The van der Waals surface area contributed by atoms with Gasteiger partial charge < -0.3 is 5.11 Å². The lowest BCUT2D eigenvalue weighted by Crippen LogP contribution is -2.12. The third kappa shape index (κ3) is 3.64. The summed E-state index contributed by atoms with van der Waals surface area (Å²) in [6.45, 7) is 0. The van der Waals surface area contributed by atoms with E-state index in [-0.39, 0.29) is 12.0 Å². The van der Waals surface area contributed by atoms with E-state index in [0.29, 0.717) is 19.3 Å². The molecule has 0 saturated heterocycles. The fraction of sp³-hybridized carbons (Fsp3) is 0.286. The van der Waals surface area contributed by atoms with Crippen molar-refractivity contribution >= 4 is 11.6 Å². The number of carbonyl (C=O) groups excluding carboxylic acids is 1. The maximum absolute atomic E-state index is 10.9. The first-order valence-corrected chi connectivity index (χ1v) is 5.75. The summed E-state index contributed by atoms with van der Waals surface area (Å²) in [6.07, 6.45) is 4.72. The minimum atomic E-state index is -0.385. The van der Waals surface area contributed by atoms with Gasteiger partial charge in [-0.3, -0.25) is 4.79 Å². The van der Waals surface area contributed by atoms with Gasteiger partial charge in [-0.05, 0) is 30.9 Å². The van der Waals surface area contributed by atoms with Gasteiger partial charge in [0.2, 0.25) is 0 Å². The topological polar surface area (TPSA) is 49.7 Å². The predicted molar refractivity (Wildman–Crippen MR) is 67.0 cm³/mol. The van der Waals surface area contributed by atoms with Crippen LogP contribution in [0, 0.1) is 0 Å². The highest BCUT2D eigenvalue weighted by Gasteiger charge is 2.10. The number of amides is 1. The van der Waals surface area contributed by atoms with Gasteiger partial charge >= 0.3 is 0 Å². The molecule has 0 fully saturated rings. The molecule has 2 rings (SSSR count). The molecule has 0 aliphatic carbocycles. The van der Waals surface area contributed by atoms with Crippen LogP contribution < -0.4 is 0 Å². The average Bonchev–Trinajstić information content (AvgIpc) is 2.74. The van der Waals surface area contributed by atoms with Crippen molar-refractivity contribution in [3.8, 4) is 0 Å². The van der Waals surface area contributed by atoms with E-state index in [0.717, 1.165) is 11.3 Å². The van der Waals surface area contributed by atoms with Gasteiger partial charge in [0.1, 0.15) is 0 Å². The van der Waals surface area contributed by atoms with E-state index >= 15 is 0 Å². The molecule has 0 bridgehead atoms. The number of benzene rings is 1. The van der Waals surface area contributed by atoms with Crippen LogP contribution in [0.2, 0.25) is 0 Å². The summed E-state index contributed by atoms with van der Waals surface area (Å²) < 4.78 is 0. The molecule has 1 aliphatic rings. The van der Waals surface area contributed by atoms with Crippen molar-refractivity contribution in [2.75, 3.05) is 0 Å². The van der Waals surface area contributed by atoms with E-state index in [9.17, 15) is 9.90 Å². The quantitative estimate of drug-likeness (QED) is 0.838. The van der Waals surface area contributed by atoms with Crippen LogP contribution in [0.1, 0.15) is 18.4 Å². The first-order valence-electron chi connectivity index (χ1n) is 5.75. The van der Waals surface area contributed by atoms with Gasteiger partial charge in [0, 0.05) is 11.8 Å². The monoisotopic (exact) mass is 229 g/mol. The minimum Gasteiger partial charge on any atom is -0.393 e. The number of nitrogens with zero attached hydrogens (tertiary/aromatic N) is 1. The highest BCUT2D eigenvalue weighted by atomic mass is 16.3. The highest BCUT2D eigenvalue weighted by Crippen LogP contribution is 2.10. The van der Waals surface area contributed by atoms with Crippen LogP contribution in [0.3, 0.4) is 0 Å². The summed E-state index contributed by atoms with van der Waals surface area (Å²) in [6, 6.07) is 9.88. The molecule has 88 valence electrons. The van der Waals surface area contributed by atoms with Crippen molar-refractivity contribution in [2.24, 2.45) is 4.99 Å². The molecule has 1 atom stereocenters. The lowest BCUT2D eigenvalue weighted by molar-refractivity contribution is -0.113. The normalized spacial score (nSPS) is 16.1. The van der Waals surface area contributed by atoms with E-state index in [1.807, 2.05) is 30.3 Å². The molecular formula is C14H15NO2. The predicted octanol–water partition coefficient (Wildman–Crippen LogP) is 1.91. The third-order valence-corrected chi connectivity index (χ3v) is 2.72. The zero-order valence-electron chi connectivity index (χ0n) is 9.54. The van der Waals surface area contributed by atoms with Gasteiger partial charge in [-0.15, -0.1) is 0 Å². The van der Waals surface area contributed by atoms with Crippen molar-refractivity contribution in [1.29, 1.82) is 0 Å². The van der Waals surface area contributed by atoms with Crippen LogP contribution in [0.5, 0.6) is 0 Å². The smallest absolute Gasteiger partial charge is 0.269 e. The molecule has 1 aromatic carbocycles. The summed E-state index contributed by atoms with van der Waals surface area (Å²) in [5.74, 6) is -0.197. The van der Waals surface area contributed by atoms with E-state index in [2.05, 4.69) is 4.99 Å². The molecule has 3 heteroatoms. The number of aliphatic hydroxyl groups excluding tert-OH is 1. The Balaban J connectivity index is 1.78. The van der Waals surface area contributed by atoms with Crippen LogP contribution in [0.4, 0.5) is 0 Å². The summed E-state index contributed by atoms with van der Waals surface area (Å²) in [5.41, 5.74) is 1.89. The summed E-state index contributed by atoms with van der Waals surface area (Å²) in [4.78, 5) is 14.7. The Morgan fingerprint density at radius 2 is 1.94 bits per heavy atom. The second-order valence-electron chi connectivity index (χ2n) is 4.16. The molecule has 0 saturated carbocycles. The molecular weight excluding hydrogens is 214 g/mol. The van der Waals surface area contributed by atoms with Gasteiger partial charge in [0.15, 0.2) is 0 Å². The minimum absolute atomic E-state index is 0.197. The first kappa shape index (κ1) is 11.7. The molecule has 17 heavy (non-hydrogen) atoms. The number of rotatable bonds is 5. The van der Waals surface area contributed by atoms with E-state index < -0.39 is 0 Å². The van der Waals surface area contributed by atoms with Gasteiger partial charge in [-0.1, -0.05) is 30.3 Å². The van der Waals surface area contributed by atoms with Crippen LogP contribution in [-0.2, 0) is 11.2 Å². The molecule has 0 radical (unpaired) electrons. The Labute approximate surface area is 101 Å². The number of hydrogen-bond acceptors (Lipinski definition) is 2. The second-order valence-corrected chi connectivity index (χ2v) is 4.16. The molecule has 1 aliphatic heterocycles. The van der Waals surface area contributed by atoms with Crippen molar-refractivity contribution < 1.29 is 9.90 Å². The Morgan fingerprint density at radius 1 is 1.18 bits per heavy atom. The van der Waals surface area contributed by atoms with Gasteiger partial charge in [-0.2, -0.15) is 0 Å². The zero-order valence-corrected chi connectivity index (χ0v) is 9.54. The fourth-order valence-electron chi connectivity index (χ4n) is 1.83. The second kappa shape index (κ2) is 5.55. The van der Waals surface area contributed by atoms with Crippen LogP contribution in [0.25, 0.3) is 0 Å². The van der Waals surface area contributed by atoms with Crippen molar-refractivity contribution in [3.63, 3.8) is 0 Å². The maximum Gasteiger partial charge on any atom is 0.269 e. The molecule has 1 heterocycles. The lowest BCUT2D eigenvalue weighted by Gasteiger charge is -2.09. The van der Waals surface area contributed by atoms with Crippen molar-refractivity contribution in [1.82, 2.24) is 0 Å². The number of aliphatic hydroxyl groups is 1. The van der Waals surface area contributed by atoms with E-state index in [4.69, 9.17) is 0 Å². The molecule has 1 amide bonds. The zero-order chi connectivity index (χ0) is 12.1. The molecule has 1 aromatic rings. The van der Waals surface area contributed by atoms with Gasteiger partial charge in [-0.25, -0.2) is 4.99 Å². The Hall–Kier alpha value is -1.74. The Bertz CT molecular complexity index is 449. The van der Waals surface area contributed by atoms with Gasteiger partial charge in [0.25, 0.3) is 5.91 Å². The number of allylic oxidation sites excluding steroid dienone is 1. The molecule has 0 aromatic heterocycles. The van der Waals surface area contributed by atoms with Crippen molar-refractivity contribution in [2.45, 2.75) is 25.4 Å². The highest BCUT2D eigenvalue weighted by molar-refractivity contribution is 6.12. The van der Waals surface area contributed by atoms with E-state index in [1.165, 1.54) is 6.08 Å². The number of hydrogen-bond donors (Lipinski definition) is 1. The Kier molecular flexibility index (Phi) is 3.83. The molecule has 1 unspecified atom stereocenters. The number of aliphatic imine (C=N–C) groups is 1. The largest absolute Gasteiger partial charge is 0.393 e. The average molecular weight is 229 g/mol. The van der Waals surface area contributed by atoms with Crippen molar-refractivity contribution in [3.05, 3.63) is 48.0 Å². The fourth-order valence-corrected chi connectivity index (χ4v) is 1.83. The lowest BCUT2D eigenvalue weighted by atomic mass is 10.0. The summed E-state index contributed by atoms with van der Waals surface area (Å²) in [5, 5.41) is 9.86. The molecule has 1 N–H and O–H groups in total. The van der Waals surface area contributed by atoms with Crippen LogP contribution in [-0.4, -0.2) is 22.8 Å².